The van der Waals surface area contributed by atoms with E-state index in [0.29, 0.717) is 19.2 Å². The highest BCUT2D eigenvalue weighted by Crippen LogP contribution is 2.11. The van der Waals surface area contributed by atoms with E-state index < -0.39 is 0 Å². The standard InChI is InChI=1S/C9H16N4O3/c1-10-7-11-8(15-3)13-9(12-7)16-6-4-5-14-2/h4-6H2,1-3H3,(H,10,11,12,13). The molecule has 0 aliphatic rings. The van der Waals surface area contributed by atoms with Gasteiger partial charge in [0.1, 0.15) is 0 Å². The van der Waals surface area contributed by atoms with Crippen LogP contribution in [0.1, 0.15) is 6.42 Å². The molecule has 1 aromatic rings. The van der Waals surface area contributed by atoms with Gasteiger partial charge in [0.05, 0.1) is 13.7 Å². The van der Waals surface area contributed by atoms with Crippen LogP contribution in [0.4, 0.5) is 5.95 Å². The third-order valence-corrected chi connectivity index (χ3v) is 1.72. The van der Waals surface area contributed by atoms with Crippen LogP contribution in [0.25, 0.3) is 0 Å². The zero-order valence-electron chi connectivity index (χ0n) is 9.69. The van der Waals surface area contributed by atoms with E-state index in [2.05, 4.69) is 20.3 Å². The summed E-state index contributed by atoms with van der Waals surface area (Å²) in [6.45, 7) is 1.13. The Labute approximate surface area is 94.2 Å². The number of rotatable bonds is 7. The van der Waals surface area contributed by atoms with Gasteiger partial charge in [-0.15, -0.1) is 4.98 Å². The molecular weight excluding hydrogens is 212 g/mol. The maximum absolute atomic E-state index is 5.33. The second-order valence-corrected chi connectivity index (χ2v) is 2.87. The molecule has 0 saturated carbocycles. The first-order chi connectivity index (χ1) is 7.80. The van der Waals surface area contributed by atoms with Crippen molar-refractivity contribution in [3.63, 3.8) is 0 Å². The summed E-state index contributed by atoms with van der Waals surface area (Å²) >= 11 is 0. The number of hydrogen-bond acceptors (Lipinski definition) is 7. The first-order valence-corrected chi connectivity index (χ1v) is 4.89. The van der Waals surface area contributed by atoms with Gasteiger partial charge in [-0.05, 0) is 0 Å². The van der Waals surface area contributed by atoms with Crippen LogP contribution in [0.2, 0.25) is 0 Å². The summed E-state index contributed by atoms with van der Waals surface area (Å²) in [5.41, 5.74) is 0. The van der Waals surface area contributed by atoms with Gasteiger partial charge in [0, 0.05) is 27.2 Å². The second kappa shape index (κ2) is 6.78. The van der Waals surface area contributed by atoms with Crippen molar-refractivity contribution in [2.24, 2.45) is 0 Å². The lowest BCUT2D eigenvalue weighted by Crippen LogP contribution is -2.07. The Bertz CT molecular complexity index is 299. The van der Waals surface area contributed by atoms with Crippen molar-refractivity contribution in [2.45, 2.75) is 6.42 Å². The van der Waals surface area contributed by atoms with Gasteiger partial charge in [-0.1, -0.05) is 0 Å². The average molecular weight is 228 g/mol. The Morgan fingerprint density at radius 2 is 1.81 bits per heavy atom. The molecule has 0 amide bonds. The van der Waals surface area contributed by atoms with Crippen molar-refractivity contribution in [1.82, 2.24) is 15.0 Å². The highest BCUT2D eigenvalue weighted by molar-refractivity contribution is 5.26. The summed E-state index contributed by atoms with van der Waals surface area (Å²) in [7, 11) is 4.85. The normalized spacial score (nSPS) is 9.94. The fourth-order valence-electron chi connectivity index (χ4n) is 0.972. The molecule has 1 aromatic heterocycles. The van der Waals surface area contributed by atoms with E-state index in [1.165, 1.54) is 7.11 Å². The van der Waals surface area contributed by atoms with Crippen LogP contribution in [0.5, 0.6) is 12.0 Å². The molecule has 0 radical (unpaired) electrons. The number of methoxy groups -OCH3 is 2. The van der Waals surface area contributed by atoms with E-state index in [4.69, 9.17) is 14.2 Å². The van der Waals surface area contributed by atoms with E-state index >= 15 is 0 Å². The quantitative estimate of drug-likeness (QED) is 0.674. The predicted molar refractivity (Wildman–Crippen MR) is 57.9 cm³/mol. The maximum Gasteiger partial charge on any atom is 0.324 e. The molecule has 0 unspecified atom stereocenters. The minimum atomic E-state index is 0.223. The molecule has 90 valence electrons. The monoisotopic (exact) mass is 228 g/mol. The van der Waals surface area contributed by atoms with Crippen molar-refractivity contribution in [1.29, 1.82) is 0 Å². The summed E-state index contributed by atoms with van der Waals surface area (Å²) in [4.78, 5) is 11.9. The molecule has 0 aliphatic heterocycles. The van der Waals surface area contributed by atoms with E-state index in [-0.39, 0.29) is 12.0 Å². The van der Waals surface area contributed by atoms with Crippen LogP contribution in [-0.2, 0) is 4.74 Å². The smallest absolute Gasteiger partial charge is 0.324 e. The van der Waals surface area contributed by atoms with Gasteiger partial charge in [0.15, 0.2) is 0 Å². The molecule has 0 aromatic carbocycles. The Morgan fingerprint density at radius 1 is 1.06 bits per heavy atom. The number of nitrogens with zero attached hydrogens (tertiary/aromatic N) is 3. The molecule has 7 nitrogen and oxygen atoms in total. The first-order valence-electron chi connectivity index (χ1n) is 4.89. The highest BCUT2D eigenvalue weighted by atomic mass is 16.5. The van der Waals surface area contributed by atoms with Crippen LogP contribution in [0.3, 0.4) is 0 Å². The van der Waals surface area contributed by atoms with Crippen LogP contribution in [-0.4, -0.2) is 49.4 Å². The summed E-state index contributed by atoms with van der Waals surface area (Å²) in [6.07, 6.45) is 0.777. The molecule has 1 rings (SSSR count). The third kappa shape index (κ3) is 3.85. The average Bonchev–Trinajstić information content (AvgIpc) is 2.34. The van der Waals surface area contributed by atoms with Crippen LogP contribution in [0, 0.1) is 0 Å². The number of anilines is 1. The predicted octanol–water partition coefficient (Wildman–Crippen LogP) is 0.337. The van der Waals surface area contributed by atoms with E-state index in [9.17, 15) is 0 Å². The molecule has 0 bridgehead atoms. The summed E-state index contributed by atoms with van der Waals surface area (Å²) < 4.78 is 15.1. The van der Waals surface area contributed by atoms with Crippen molar-refractivity contribution in [3.8, 4) is 12.0 Å². The topological polar surface area (TPSA) is 78.4 Å². The first kappa shape index (κ1) is 12.4. The third-order valence-electron chi connectivity index (χ3n) is 1.72. The van der Waals surface area contributed by atoms with Crippen LogP contribution in [0.15, 0.2) is 0 Å². The van der Waals surface area contributed by atoms with E-state index in [0.717, 1.165) is 6.42 Å². The lowest BCUT2D eigenvalue weighted by molar-refractivity contribution is 0.168. The molecule has 1 N–H and O–H groups in total. The van der Waals surface area contributed by atoms with Crippen molar-refractivity contribution < 1.29 is 14.2 Å². The molecule has 0 spiro atoms. The van der Waals surface area contributed by atoms with Gasteiger partial charge in [-0.25, -0.2) is 0 Å². The fraction of sp³-hybridized carbons (Fsp3) is 0.667. The molecule has 0 aliphatic carbocycles. The van der Waals surface area contributed by atoms with Crippen LogP contribution < -0.4 is 14.8 Å². The Morgan fingerprint density at radius 3 is 2.44 bits per heavy atom. The van der Waals surface area contributed by atoms with Gasteiger partial charge in [0.25, 0.3) is 0 Å². The molecule has 7 heteroatoms. The minimum absolute atomic E-state index is 0.223. The lowest BCUT2D eigenvalue weighted by Gasteiger charge is -2.06. The van der Waals surface area contributed by atoms with Crippen molar-refractivity contribution >= 4 is 5.95 Å². The molecule has 0 saturated heterocycles. The number of hydrogen-bond donors (Lipinski definition) is 1. The molecule has 0 fully saturated rings. The zero-order chi connectivity index (χ0) is 11.8. The molecular formula is C9H16N4O3. The summed E-state index contributed by atoms with van der Waals surface area (Å²) in [5, 5.41) is 2.80. The molecule has 0 atom stereocenters. The van der Waals surface area contributed by atoms with Gasteiger partial charge in [-0.2, -0.15) is 9.97 Å². The van der Waals surface area contributed by atoms with Gasteiger partial charge in [-0.3, -0.25) is 0 Å². The molecule has 16 heavy (non-hydrogen) atoms. The second-order valence-electron chi connectivity index (χ2n) is 2.87. The lowest BCUT2D eigenvalue weighted by atomic mass is 10.5. The largest absolute Gasteiger partial charge is 0.467 e. The Balaban J connectivity index is 2.57. The maximum atomic E-state index is 5.33. The van der Waals surface area contributed by atoms with Gasteiger partial charge in [0.2, 0.25) is 5.95 Å². The number of aromatic nitrogens is 3. The number of nitrogens with one attached hydrogen (secondary N) is 1. The minimum Gasteiger partial charge on any atom is -0.467 e. The highest BCUT2D eigenvalue weighted by Gasteiger charge is 2.06. The molecule has 1 heterocycles. The van der Waals surface area contributed by atoms with Gasteiger partial charge >= 0.3 is 12.0 Å². The summed E-state index contributed by atoms with van der Waals surface area (Å²) in [5.74, 6) is 0.411. The van der Waals surface area contributed by atoms with Crippen molar-refractivity contribution in [2.75, 3.05) is 39.8 Å². The van der Waals surface area contributed by atoms with E-state index in [1.54, 1.807) is 14.2 Å². The summed E-state index contributed by atoms with van der Waals surface area (Å²) in [6, 6.07) is 0.466. The Hall–Kier alpha value is -1.63. The number of ether oxygens (including phenoxy) is 3. The zero-order valence-corrected chi connectivity index (χ0v) is 9.69. The van der Waals surface area contributed by atoms with E-state index in [1.807, 2.05) is 0 Å². The Kier molecular flexibility index (Phi) is 5.27. The van der Waals surface area contributed by atoms with Crippen molar-refractivity contribution in [3.05, 3.63) is 0 Å². The SMILES string of the molecule is CNc1nc(OC)nc(OCCCOC)n1. The van der Waals surface area contributed by atoms with Gasteiger partial charge < -0.3 is 19.5 Å². The fourth-order valence-corrected chi connectivity index (χ4v) is 0.972. The van der Waals surface area contributed by atoms with Crippen LogP contribution >= 0.6 is 0 Å².